The molecule has 6 nitrogen and oxygen atoms in total. The van der Waals surface area contributed by atoms with Crippen LogP contribution < -0.4 is 5.32 Å². The number of nitro benzene ring substituents is 1. The van der Waals surface area contributed by atoms with Crippen molar-refractivity contribution in [2.24, 2.45) is 5.92 Å². The Balaban J connectivity index is 2.82. The lowest BCUT2D eigenvalue weighted by molar-refractivity contribution is -0.384. The zero-order valence-corrected chi connectivity index (χ0v) is 10.1. The van der Waals surface area contributed by atoms with E-state index in [-0.39, 0.29) is 23.8 Å². The molecule has 1 aromatic rings. The average molecular weight is 249 g/mol. The van der Waals surface area contributed by atoms with E-state index in [0.29, 0.717) is 18.7 Å². The molecular formula is C12H15N3O3. The van der Waals surface area contributed by atoms with Crippen molar-refractivity contribution in [2.45, 2.75) is 13.3 Å². The predicted octanol–water partition coefficient (Wildman–Crippen LogP) is 1.90. The third kappa shape index (κ3) is 3.71. The monoisotopic (exact) mass is 249 g/mol. The van der Waals surface area contributed by atoms with Crippen LogP contribution in [0.25, 0.3) is 0 Å². The number of anilines is 1. The highest BCUT2D eigenvalue weighted by molar-refractivity contribution is 5.64. The summed E-state index contributed by atoms with van der Waals surface area (Å²) in [6, 6.07) is 6.18. The molecule has 0 aliphatic carbocycles. The molecule has 1 unspecified atom stereocenters. The zero-order valence-electron chi connectivity index (χ0n) is 10.1. The molecule has 2 N–H and O–H groups in total. The Morgan fingerprint density at radius 1 is 1.61 bits per heavy atom. The Labute approximate surface area is 105 Å². The van der Waals surface area contributed by atoms with E-state index in [9.17, 15) is 10.1 Å². The number of nitriles is 1. The molecule has 96 valence electrons. The van der Waals surface area contributed by atoms with Gasteiger partial charge in [-0.1, -0.05) is 6.92 Å². The maximum atomic E-state index is 10.9. The first-order valence-corrected chi connectivity index (χ1v) is 5.61. The highest BCUT2D eigenvalue weighted by Crippen LogP contribution is 2.25. The molecule has 18 heavy (non-hydrogen) atoms. The SMILES string of the molecule is CC(CCO)CNc1ccc(C#N)cc1[N+](=O)[O-]. The maximum absolute atomic E-state index is 10.9. The summed E-state index contributed by atoms with van der Waals surface area (Å²) in [5.41, 5.74) is 0.546. The molecule has 0 aromatic heterocycles. The van der Waals surface area contributed by atoms with Crippen molar-refractivity contribution in [1.82, 2.24) is 0 Å². The van der Waals surface area contributed by atoms with E-state index in [0.717, 1.165) is 0 Å². The van der Waals surface area contributed by atoms with Gasteiger partial charge in [0.25, 0.3) is 5.69 Å². The van der Waals surface area contributed by atoms with Crippen molar-refractivity contribution >= 4 is 11.4 Å². The van der Waals surface area contributed by atoms with E-state index in [1.54, 1.807) is 0 Å². The van der Waals surface area contributed by atoms with Gasteiger partial charge in [-0.05, 0) is 24.5 Å². The number of nitrogens with one attached hydrogen (secondary N) is 1. The Kier molecular flexibility index (Phi) is 5.08. The van der Waals surface area contributed by atoms with Crippen molar-refractivity contribution in [3.63, 3.8) is 0 Å². The molecule has 0 bridgehead atoms. The van der Waals surface area contributed by atoms with Gasteiger partial charge in [0.15, 0.2) is 0 Å². The summed E-state index contributed by atoms with van der Waals surface area (Å²) in [5.74, 6) is 0.213. The summed E-state index contributed by atoms with van der Waals surface area (Å²) >= 11 is 0. The molecule has 0 aliphatic heterocycles. The molecule has 1 aromatic carbocycles. The summed E-state index contributed by atoms with van der Waals surface area (Å²) in [6.07, 6.45) is 0.636. The molecular weight excluding hydrogens is 234 g/mol. The van der Waals surface area contributed by atoms with Crippen LogP contribution >= 0.6 is 0 Å². The number of nitrogens with zero attached hydrogens (tertiary/aromatic N) is 2. The number of aliphatic hydroxyl groups is 1. The second kappa shape index (κ2) is 6.57. The van der Waals surface area contributed by atoms with Crippen LogP contribution in [0.1, 0.15) is 18.9 Å². The summed E-state index contributed by atoms with van der Waals surface area (Å²) in [4.78, 5) is 10.4. The third-order valence-electron chi connectivity index (χ3n) is 2.59. The summed E-state index contributed by atoms with van der Waals surface area (Å²) in [5, 5.41) is 31.3. The second-order valence-corrected chi connectivity index (χ2v) is 4.10. The molecule has 1 atom stereocenters. The van der Waals surface area contributed by atoms with E-state index < -0.39 is 4.92 Å². The van der Waals surface area contributed by atoms with Crippen molar-refractivity contribution in [2.75, 3.05) is 18.5 Å². The van der Waals surface area contributed by atoms with Crippen LogP contribution in [0.4, 0.5) is 11.4 Å². The Bertz CT molecular complexity index is 468. The smallest absolute Gasteiger partial charge is 0.293 e. The average Bonchev–Trinajstić information content (AvgIpc) is 2.36. The highest BCUT2D eigenvalue weighted by atomic mass is 16.6. The van der Waals surface area contributed by atoms with Crippen molar-refractivity contribution in [3.05, 3.63) is 33.9 Å². The standard InChI is InChI=1S/C12H15N3O3/c1-9(4-5-16)8-14-11-3-2-10(7-13)6-12(11)15(17)18/h2-3,6,9,14,16H,4-5,8H2,1H3. The van der Waals surface area contributed by atoms with E-state index in [1.165, 1.54) is 18.2 Å². The number of hydrogen-bond acceptors (Lipinski definition) is 5. The van der Waals surface area contributed by atoms with Gasteiger partial charge in [-0.25, -0.2) is 0 Å². The number of hydrogen-bond donors (Lipinski definition) is 2. The van der Waals surface area contributed by atoms with Crippen molar-refractivity contribution < 1.29 is 10.0 Å². The normalized spacial score (nSPS) is 11.6. The van der Waals surface area contributed by atoms with Crippen LogP contribution in [-0.4, -0.2) is 23.2 Å². The van der Waals surface area contributed by atoms with Gasteiger partial charge in [0.2, 0.25) is 0 Å². The highest BCUT2D eigenvalue weighted by Gasteiger charge is 2.15. The number of benzene rings is 1. The van der Waals surface area contributed by atoms with Crippen LogP contribution in [-0.2, 0) is 0 Å². The van der Waals surface area contributed by atoms with Gasteiger partial charge in [0.1, 0.15) is 5.69 Å². The lowest BCUT2D eigenvalue weighted by atomic mass is 10.1. The minimum absolute atomic E-state index is 0.0955. The van der Waals surface area contributed by atoms with Crippen LogP contribution in [0.3, 0.4) is 0 Å². The van der Waals surface area contributed by atoms with Crippen molar-refractivity contribution in [1.29, 1.82) is 5.26 Å². The van der Waals surface area contributed by atoms with Crippen LogP contribution in [0.5, 0.6) is 0 Å². The van der Waals surface area contributed by atoms with Crippen LogP contribution in [0.2, 0.25) is 0 Å². The lowest BCUT2D eigenvalue weighted by Crippen LogP contribution is -2.13. The molecule has 0 spiro atoms. The van der Waals surface area contributed by atoms with E-state index in [1.807, 2.05) is 13.0 Å². The molecule has 0 radical (unpaired) electrons. The molecule has 0 heterocycles. The zero-order chi connectivity index (χ0) is 13.5. The fourth-order valence-electron chi connectivity index (χ4n) is 1.51. The molecule has 6 heteroatoms. The first-order valence-electron chi connectivity index (χ1n) is 5.61. The molecule has 0 fully saturated rings. The minimum atomic E-state index is -0.514. The number of aliphatic hydroxyl groups excluding tert-OH is 1. The first-order chi connectivity index (χ1) is 8.58. The Morgan fingerprint density at radius 3 is 2.89 bits per heavy atom. The maximum Gasteiger partial charge on any atom is 0.293 e. The lowest BCUT2D eigenvalue weighted by Gasteiger charge is -2.12. The van der Waals surface area contributed by atoms with Crippen LogP contribution in [0.15, 0.2) is 18.2 Å². The molecule has 0 aliphatic rings. The largest absolute Gasteiger partial charge is 0.396 e. The van der Waals surface area contributed by atoms with Crippen LogP contribution in [0, 0.1) is 27.4 Å². The van der Waals surface area contributed by atoms with Crippen molar-refractivity contribution in [3.8, 4) is 6.07 Å². The fraction of sp³-hybridized carbons (Fsp3) is 0.417. The molecule has 0 saturated carbocycles. The quantitative estimate of drug-likeness (QED) is 0.592. The Morgan fingerprint density at radius 2 is 2.33 bits per heavy atom. The van der Waals surface area contributed by atoms with Gasteiger partial charge in [0, 0.05) is 19.2 Å². The van der Waals surface area contributed by atoms with Gasteiger partial charge in [-0.3, -0.25) is 10.1 Å². The fourth-order valence-corrected chi connectivity index (χ4v) is 1.51. The number of rotatable bonds is 6. The van der Waals surface area contributed by atoms with Gasteiger partial charge in [-0.15, -0.1) is 0 Å². The summed E-state index contributed by atoms with van der Waals surface area (Å²) in [6.45, 7) is 2.57. The minimum Gasteiger partial charge on any atom is -0.396 e. The summed E-state index contributed by atoms with van der Waals surface area (Å²) in [7, 11) is 0. The summed E-state index contributed by atoms with van der Waals surface area (Å²) < 4.78 is 0. The molecule has 1 rings (SSSR count). The van der Waals surface area contributed by atoms with Gasteiger partial charge >= 0.3 is 0 Å². The van der Waals surface area contributed by atoms with Gasteiger partial charge in [-0.2, -0.15) is 5.26 Å². The molecule has 0 saturated heterocycles. The Hall–Kier alpha value is -2.13. The predicted molar refractivity (Wildman–Crippen MR) is 67.2 cm³/mol. The molecule has 0 amide bonds. The first kappa shape index (κ1) is 13.9. The van der Waals surface area contributed by atoms with Gasteiger partial charge in [0.05, 0.1) is 16.6 Å². The van der Waals surface area contributed by atoms with E-state index >= 15 is 0 Å². The van der Waals surface area contributed by atoms with E-state index in [4.69, 9.17) is 10.4 Å². The number of nitro groups is 1. The van der Waals surface area contributed by atoms with Gasteiger partial charge < -0.3 is 10.4 Å². The second-order valence-electron chi connectivity index (χ2n) is 4.10. The third-order valence-corrected chi connectivity index (χ3v) is 2.59. The van der Waals surface area contributed by atoms with E-state index in [2.05, 4.69) is 5.32 Å². The topological polar surface area (TPSA) is 99.2 Å².